The van der Waals surface area contributed by atoms with Gasteiger partial charge in [-0.3, -0.25) is 25.3 Å². The number of carbonyl (C=O) groups excluding carboxylic acids is 2. The number of hydrogen-bond donors (Lipinski definition) is 3. The molecule has 0 bridgehead atoms. The zero-order valence-electron chi connectivity index (χ0n) is 16.7. The lowest BCUT2D eigenvalue weighted by molar-refractivity contribution is -0.143. The van der Waals surface area contributed by atoms with Gasteiger partial charge in [0.1, 0.15) is 11.4 Å². The summed E-state index contributed by atoms with van der Waals surface area (Å²) >= 11 is 0. The van der Waals surface area contributed by atoms with Crippen molar-refractivity contribution in [3.8, 4) is 0 Å². The fourth-order valence-corrected chi connectivity index (χ4v) is 3.61. The van der Waals surface area contributed by atoms with Crippen LogP contribution in [0.25, 0.3) is 5.70 Å². The number of amidine groups is 1. The minimum absolute atomic E-state index is 0.0388. The van der Waals surface area contributed by atoms with Crippen LogP contribution in [0.3, 0.4) is 0 Å². The lowest BCUT2D eigenvalue weighted by Crippen LogP contribution is -2.46. The fraction of sp³-hybridized carbons (Fsp3) is 0.476. The first kappa shape index (κ1) is 20.9. The van der Waals surface area contributed by atoms with E-state index in [0.717, 1.165) is 11.3 Å². The van der Waals surface area contributed by atoms with E-state index < -0.39 is 5.60 Å². The Morgan fingerprint density at radius 2 is 1.93 bits per heavy atom. The smallest absolute Gasteiger partial charge is 0.305 e. The van der Waals surface area contributed by atoms with E-state index in [1.165, 1.54) is 0 Å². The summed E-state index contributed by atoms with van der Waals surface area (Å²) in [5.41, 5.74) is 10.6. The maximum absolute atomic E-state index is 12.4. The van der Waals surface area contributed by atoms with Gasteiger partial charge in [0.25, 0.3) is 0 Å². The summed E-state index contributed by atoms with van der Waals surface area (Å²) < 4.78 is 4.89. The van der Waals surface area contributed by atoms with Crippen LogP contribution in [0, 0.1) is 5.41 Å². The van der Waals surface area contributed by atoms with E-state index in [0.29, 0.717) is 50.9 Å². The third-order valence-corrected chi connectivity index (χ3v) is 5.32. The van der Waals surface area contributed by atoms with E-state index in [9.17, 15) is 9.59 Å². The Bertz CT molecular complexity index is 795. The van der Waals surface area contributed by atoms with Gasteiger partial charge in [-0.05, 0) is 25.0 Å². The Hall–Kier alpha value is -2.87. The predicted octanol–water partition coefficient (Wildman–Crippen LogP) is 1.94. The molecule has 8 nitrogen and oxygen atoms in total. The van der Waals surface area contributed by atoms with Crippen molar-refractivity contribution in [2.24, 2.45) is 5.73 Å². The molecule has 2 heterocycles. The number of nitrogen functional groups attached to an aromatic ring is 1. The molecule has 1 saturated heterocycles. The first-order valence-electron chi connectivity index (χ1n) is 9.97. The monoisotopic (exact) mass is 400 g/mol. The second-order valence-electron chi connectivity index (χ2n) is 7.36. The Kier molecular flexibility index (Phi) is 6.53. The molecule has 0 unspecified atom stereocenters. The first-order chi connectivity index (χ1) is 13.9. The molecule has 3 rings (SSSR count). The molecule has 0 radical (unpaired) electrons. The van der Waals surface area contributed by atoms with Crippen LogP contribution in [0.4, 0.5) is 0 Å². The SMILES string of the molecule is CCOC(=O)CCCC(=O)N1CCC2(C=C(c3ccc(C(=N)N)cc3)NO2)CC1. The number of benzene rings is 1. The highest BCUT2D eigenvalue weighted by atomic mass is 16.7. The number of likely N-dealkylation sites (tertiary alicyclic amines) is 1. The molecule has 0 saturated carbocycles. The molecule has 0 aliphatic carbocycles. The van der Waals surface area contributed by atoms with Crippen LogP contribution in [0.15, 0.2) is 30.3 Å². The third-order valence-electron chi connectivity index (χ3n) is 5.32. The average Bonchev–Trinajstić information content (AvgIpc) is 3.12. The zero-order chi connectivity index (χ0) is 20.9. The van der Waals surface area contributed by atoms with Gasteiger partial charge in [-0.1, -0.05) is 24.3 Å². The number of ether oxygens (including phenoxy) is 1. The van der Waals surface area contributed by atoms with E-state index in [-0.39, 0.29) is 24.1 Å². The Balaban J connectivity index is 1.51. The molecule has 156 valence electrons. The van der Waals surface area contributed by atoms with Crippen molar-refractivity contribution in [1.82, 2.24) is 10.4 Å². The topological polar surface area (TPSA) is 118 Å². The molecule has 0 aromatic heterocycles. The van der Waals surface area contributed by atoms with Gasteiger partial charge in [0.15, 0.2) is 0 Å². The number of nitrogens with zero attached hydrogens (tertiary/aromatic N) is 1. The number of rotatable bonds is 7. The summed E-state index contributed by atoms with van der Waals surface area (Å²) in [5.74, 6) is -0.145. The van der Waals surface area contributed by atoms with E-state index >= 15 is 0 Å². The molecule has 1 amide bonds. The standard InChI is InChI=1S/C21H28N4O4/c1-2-28-19(27)5-3-4-18(26)25-12-10-21(11-13-25)14-17(24-29-21)15-6-8-16(9-7-15)20(22)23/h6-9,14,24H,2-5,10-13H2,1H3,(H3,22,23). The molecule has 2 aliphatic rings. The van der Waals surface area contributed by atoms with Crippen LogP contribution >= 0.6 is 0 Å². The zero-order valence-corrected chi connectivity index (χ0v) is 16.7. The highest BCUT2D eigenvalue weighted by Crippen LogP contribution is 2.34. The van der Waals surface area contributed by atoms with E-state index in [2.05, 4.69) is 11.6 Å². The second kappa shape index (κ2) is 9.09. The number of carbonyl (C=O) groups is 2. The van der Waals surface area contributed by atoms with Crippen LogP contribution < -0.4 is 11.2 Å². The molecule has 4 N–H and O–H groups in total. The van der Waals surface area contributed by atoms with Gasteiger partial charge >= 0.3 is 5.97 Å². The van der Waals surface area contributed by atoms with Crippen LogP contribution in [0.2, 0.25) is 0 Å². The van der Waals surface area contributed by atoms with Crippen LogP contribution in [0.5, 0.6) is 0 Å². The van der Waals surface area contributed by atoms with Gasteiger partial charge in [-0.25, -0.2) is 0 Å². The Morgan fingerprint density at radius 3 is 2.55 bits per heavy atom. The number of amides is 1. The number of nitrogens with two attached hydrogens (primary N) is 1. The van der Waals surface area contributed by atoms with Gasteiger partial charge in [0.05, 0.1) is 12.3 Å². The largest absolute Gasteiger partial charge is 0.466 e. The van der Waals surface area contributed by atoms with Crippen molar-refractivity contribution in [2.45, 2.75) is 44.6 Å². The molecule has 1 aromatic rings. The minimum Gasteiger partial charge on any atom is -0.466 e. The Morgan fingerprint density at radius 1 is 1.24 bits per heavy atom. The van der Waals surface area contributed by atoms with Gasteiger partial charge in [-0.15, -0.1) is 0 Å². The number of hydroxylamine groups is 1. The normalized spacial score (nSPS) is 17.6. The van der Waals surface area contributed by atoms with Crippen molar-refractivity contribution in [1.29, 1.82) is 5.41 Å². The molecule has 2 aliphatic heterocycles. The summed E-state index contributed by atoms with van der Waals surface area (Å²) in [5, 5.41) is 7.47. The van der Waals surface area contributed by atoms with E-state index in [1.807, 2.05) is 29.2 Å². The van der Waals surface area contributed by atoms with E-state index in [4.69, 9.17) is 20.7 Å². The summed E-state index contributed by atoms with van der Waals surface area (Å²) in [6, 6.07) is 7.42. The average molecular weight is 400 g/mol. The number of piperidine rings is 1. The van der Waals surface area contributed by atoms with Crippen molar-refractivity contribution in [2.75, 3.05) is 19.7 Å². The molecule has 8 heteroatoms. The maximum Gasteiger partial charge on any atom is 0.305 e. The molecular formula is C21H28N4O4. The highest BCUT2D eigenvalue weighted by Gasteiger charge is 2.39. The third kappa shape index (κ3) is 5.14. The van der Waals surface area contributed by atoms with Gasteiger partial charge in [0.2, 0.25) is 5.91 Å². The molecular weight excluding hydrogens is 372 g/mol. The van der Waals surface area contributed by atoms with Gasteiger partial charge in [0, 0.05) is 44.3 Å². The number of nitrogens with one attached hydrogen (secondary N) is 2. The van der Waals surface area contributed by atoms with Crippen molar-refractivity contribution in [3.05, 3.63) is 41.5 Å². The molecule has 1 fully saturated rings. The molecule has 1 aromatic carbocycles. The maximum atomic E-state index is 12.4. The lowest BCUT2D eigenvalue weighted by atomic mass is 9.90. The minimum atomic E-state index is -0.420. The van der Waals surface area contributed by atoms with Crippen molar-refractivity contribution in [3.63, 3.8) is 0 Å². The molecule has 29 heavy (non-hydrogen) atoms. The number of hydrogen-bond acceptors (Lipinski definition) is 6. The van der Waals surface area contributed by atoms with Gasteiger partial charge < -0.3 is 15.4 Å². The van der Waals surface area contributed by atoms with Gasteiger partial charge in [-0.2, -0.15) is 0 Å². The Labute approximate surface area is 170 Å². The number of esters is 1. The highest BCUT2D eigenvalue weighted by molar-refractivity contribution is 5.95. The predicted molar refractivity (Wildman–Crippen MR) is 109 cm³/mol. The summed E-state index contributed by atoms with van der Waals surface area (Å²) in [6.07, 6.45) is 4.64. The molecule has 1 spiro atoms. The van der Waals surface area contributed by atoms with Crippen LogP contribution in [-0.2, 0) is 19.2 Å². The quantitative estimate of drug-likeness (QED) is 0.366. The first-order valence-corrected chi connectivity index (χ1v) is 9.97. The lowest BCUT2D eigenvalue weighted by Gasteiger charge is -2.36. The van der Waals surface area contributed by atoms with Crippen LogP contribution in [-0.4, -0.2) is 47.9 Å². The van der Waals surface area contributed by atoms with Crippen LogP contribution in [0.1, 0.15) is 50.2 Å². The van der Waals surface area contributed by atoms with Crippen molar-refractivity contribution >= 4 is 23.4 Å². The molecule has 0 atom stereocenters. The summed E-state index contributed by atoms with van der Waals surface area (Å²) in [4.78, 5) is 31.5. The van der Waals surface area contributed by atoms with Crippen molar-refractivity contribution < 1.29 is 19.2 Å². The summed E-state index contributed by atoms with van der Waals surface area (Å²) in [7, 11) is 0. The summed E-state index contributed by atoms with van der Waals surface area (Å²) in [6.45, 7) is 3.37. The second-order valence-corrected chi connectivity index (χ2v) is 7.36. The fourth-order valence-electron chi connectivity index (χ4n) is 3.61. The van der Waals surface area contributed by atoms with E-state index in [1.54, 1.807) is 6.92 Å².